The zero-order chi connectivity index (χ0) is 24.9. The molecule has 0 saturated heterocycles. The highest BCUT2D eigenvalue weighted by atomic mass is 127. The third kappa shape index (κ3) is 5.49. The van der Waals surface area contributed by atoms with Gasteiger partial charge >= 0.3 is 5.97 Å². The maximum Gasteiger partial charge on any atom is 0.324 e. The predicted molar refractivity (Wildman–Crippen MR) is 147 cm³/mol. The summed E-state index contributed by atoms with van der Waals surface area (Å²) in [5.74, 6) is -0.290. The molecule has 0 radical (unpaired) electrons. The zero-order valence-electron chi connectivity index (χ0n) is 20.2. The van der Waals surface area contributed by atoms with Crippen LogP contribution < -0.4 is 3.53 Å². The standard InChI is InChI=1S/C29H30IN3O2/c1-28(2,3)35-27(34)26(32-30)19-25-20-33(21-31-25)29(22-13-7-4-8-14-22,23-15-9-5-10-16-23)24-17-11-6-12-18-24/h4-18,20-21,26,32H,19H2,1-3H3/t26-/m0/s1. The molecule has 0 aliphatic rings. The minimum Gasteiger partial charge on any atom is -0.459 e. The minimum atomic E-state index is -0.631. The van der Waals surface area contributed by atoms with Gasteiger partial charge in [0.2, 0.25) is 0 Å². The maximum absolute atomic E-state index is 12.7. The number of esters is 1. The van der Waals surface area contributed by atoms with Gasteiger partial charge in [-0.3, -0.25) is 4.79 Å². The Hall–Kier alpha value is -2.97. The van der Waals surface area contributed by atoms with Gasteiger partial charge in [-0.1, -0.05) is 91.0 Å². The first-order valence-corrected chi connectivity index (χ1v) is 12.7. The van der Waals surface area contributed by atoms with E-state index in [4.69, 9.17) is 9.72 Å². The molecular formula is C29H30IN3O2. The average Bonchev–Trinajstić information content (AvgIpc) is 3.33. The lowest BCUT2D eigenvalue weighted by atomic mass is 9.77. The molecule has 1 N–H and O–H groups in total. The van der Waals surface area contributed by atoms with E-state index in [-0.39, 0.29) is 5.97 Å². The molecule has 1 aromatic heterocycles. The number of imidazole rings is 1. The van der Waals surface area contributed by atoms with E-state index in [1.165, 1.54) is 0 Å². The number of carbonyl (C=O) groups is 1. The second kappa shape index (κ2) is 10.7. The Kier molecular flexibility index (Phi) is 7.72. The van der Waals surface area contributed by atoms with Crippen LogP contribution in [0.2, 0.25) is 0 Å². The van der Waals surface area contributed by atoms with E-state index in [1.807, 2.05) is 74.4 Å². The number of halogens is 1. The van der Waals surface area contributed by atoms with E-state index in [2.05, 4.69) is 80.9 Å². The Bertz CT molecular complexity index is 1140. The Labute approximate surface area is 221 Å². The van der Waals surface area contributed by atoms with Crippen LogP contribution in [0, 0.1) is 0 Å². The fraction of sp³-hybridized carbons (Fsp3) is 0.241. The summed E-state index contributed by atoms with van der Waals surface area (Å²) in [6, 6.07) is 30.8. The molecule has 1 heterocycles. The van der Waals surface area contributed by atoms with Crippen molar-refractivity contribution in [3.05, 3.63) is 126 Å². The Balaban J connectivity index is 1.83. The van der Waals surface area contributed by atoms with Crippen LogP contribution in [0.1, 0.15) is 43.2 Å². The van der Waals surface area contributed by atoms with Crippen molar-refractivity contribution in [1.29, 1.82) is 0 Å². The molecule has 35 heavy (non-hydrogen) atoms. The lowest BCUT2D eigenvalue weighted by molar-refractivity contribution is -0.156. The molecule has 0 aliphatic carbocycles. The SMILES string of the molecule is CC(C)(C)OC(=O)[C@H](Cc1cn(C(c2ccccc2)(c2ccccc2)c2ccccc2)cn1)NI. The van der Waals surface area contributed by atoms with E-state index in [0.29, 0.717) is 6.42 Å². The molecule has 0 amide bonds. The van der Waals surface area contributed by atoms with Crippen LogP contribution in [-0.4, -0.2) is 27.2 Å². The smallest absolute Gasteiger partial charge is 0.324 e. The van der Waals surface area contributed by atoms with Gasteiger partial charge in [0.25, 0.3) is 0 Å². The van der Waals surface area contributed by atoms with E-state index in [1.54, 1.807) is 0 Å². The van der Waals surface area contributed by atoms with Crippen molar-refractivity contribution in [2.75, 3.05) is 0 Å². The molecule has 1 atom stereocenters. The molecule has 5 nitrogen and oxygen atoms in total. The number of carbonyl (C=O) groups excluding carboxylic acids is 1. The first-order valence-electron chi connectivity index (χ1n) is 11.6. The summed E-state index contributed by atoms with van der Waals surface area (Å²) >= 11 is 2.01. The van der Waals surface area contributed by atoms with Gasteiger partial charge in [0, 0.05) is 35.5 Å². The van der Waals surface area contributed by atoms with Crippen LogP contribution in [0.15, 0.2) is 104 Å². The second-order valence-corrected chi connectivity index (χ2v) is 10.1. The fourth-order valence-corrected chi connectivity index (χ4v) is 4.86. The van der Waals surface area contributed by atoms with Crippen LogP contribution >= 0.6 is 22.9 Å². The second-order valence-electron chi connectivity index (χ2n) is 9.48. The maximum atomic E-state index is 12.7. The summed E-state index contributed by atoms with van der Waals surface area (Å²) in [6.07, 6.45) is 4.32. The largest absolute Gasteiger partial charge is 0.459 e. The summed E-state index contributed by atoms with van der Waals surface area (Å²) in [4.78, 5) is 17.5. The summed E-state index contributed by atoms with van der Waals surface area (Å²) in [5, 5.41) is 0. The topological polar surface area (TPSA) is 56.2 Å². The molecule has 0 spiro atoms. The normalized spacial score (nSPS) is 12.8. The van der Waals surface area contributed by atoms with E-state index in [0.717, 1.165) is 22.4 Å². The number of ether oxygens (including phenoxy) is 1. The number of benzene rings is 3. The summed E-state index contributed by atoms with van der Waals surface area (Å²) < 4.78 is 10.8. The third-order valence-electron chi connectivity index (χ3n) is 5.83. The van der Waals surface area contributed by atoms with Crippen molar-refractivity contribution < 1.29 is 9.53 Å². The summed E-state index contributed by atoms with van der Waals surface area (Å²) in [6.45, 7) is 5.62. The van der Waals surface area contributed by atoms with E-state index < -0.39 is 17.2 Å². The molecule has 180 valence electrons. The molecule has 0 fully saturated rings. The highest BCUT2D eigenvalue weighted by Gasteiger charge is 2.38. The molecule has 0 saturated carbocycles. The van der Waals surface area contributed by atoms with Crippen LogP contribution in [0.5, 0.6) is 0 Å². The van der Waals surface area contributed by atoms with E-state index >= 15 is 0 Å². The number of hydrogen-bond donors (Lipinski definition) is 1. The average molecular weight is 579 g/mol. The van der Waals surface area contributed by atoms with E-state index in [9.17, 15) is 4.79 Å². The molecule has 3 aromatic carbocycles. The quantitative estimate of drug-likeness (QED) is 0.122. The number of nitrogens with one attached hydrogen (secondary N) is 1. The fourth-order valence-electron chi connectivity index (χ4n) is 4.39. The molecule has 4 aromatic rings. The minimum absolute atomic E-state index is 0.290. The van der Waals surface area contributed by atoms with Crippen LogP contribution in [0.4, 0.5) is 0 Å². The highest BCUT2D eigenvalue weighted by Crippen LogP contribution is 2.40. The van der Waals surface area contributed by atoms with Gasteiger partial charge in [-0.05, 0) is 37.5 Å². The van der Waals surface area contributed by atoms with Crippen molar-refractivity contribution in [2.24, 2.45) is 0 Å². The molecule has 0 unspecified atom stereocenters. The number of aromatic nitrogens is 2. The number of rotatable bonds is 8. The lowest BCUT2D eigenvalue weighted by Gasteiger charge is -2.37. The highest BCUT2D eigenvalue weighted by molar-refractivity contribution is 14.1. The monoisotopic (exact) mass is 579 g/mol. The Morgan fingerprint density at radius 3 is 1.74 bits per heavy atom. The molecule has 0 bridgehead atoms. The molecule has 0 aliphatic heterocycles. The van der Waals surface area contributed by atoms with Crippen molar-refractivity contribution in [3.8, 4) is 0 Å². The van der Waals surface area contributed by atoms with Gasteiger partial charge in [0.15, 0.2) is 0 Å². The van der Waals surface area contributed by atoms with Gasteiger partial charge in [-0.2, -0.15) is 0 Å². The zero-order valence-corrected chi connectivity index (χ0v) is 22.3. The van der Waals surface area contributed by atoms with Gasteiger partial charge in [-0.25, -0.2) is 8.51 Å². The first kappa shape index (κ1) is 25.1. The van der Waals surface area contributed by atoms with Gasteiger partial charge in [0.1, 0.15) is 17.2 Å². The first-order chi connectivity index (χ1) is 16.8. The molecular weight excluding hydrogens is 549 g/mol. The number of nitrogens with zero attached hydrogens (tertiary/aromatic N) is 2. The third-order valence-corrected chi connectivity index (χ3v) is 6.59. The summed E-state index contributed by atoms with van der Waals surface area (Å²) in [7, 11) is 0. The van der Waals surface area contributed by atoms with Gasteiger partial charge in [0.05, 0.1) is 12.0 Å². The van der Waals surface area contributed by atoms with Gasteiger partial charge < -0.3 is 9.30 Å². The molecule has 4 rings (SSSR count). The Morgan fingerprint density at radius 1 is 0.886 bits per heavy atom. The van der Waals surface area contributed by atoms with Crippen LogP contribution in [-0.2, 0) is 21.5 Å². The van der Waals surface area contributed by atoms with Crippen molar-refractivity contribution in [3.63, 3.8) is 0 Å². The molecule has 6 heteroatoms. The van der Waals surface area contributed by atoms with Gasteiger partial charge in [-0.15, -0.1) is 0 Å². The number of hydrogen-bond acceptors (Lipinski definition) is 4. The summed E-state index contributed by atoms with van der Waals surface area (Å²) in [5.41, 5.74) is 2.99. The van der Waals surface area contributed by atoms with Crippen molar-refractivity contribution in [2.45, 2.75) is 44.4 Å². The van der Waals surface area contributed by atoms with Crippen molar-refractivity contribution in [1.82, 2.24) is 13.1 Å². The lowest BCUT2D eigenvalue weighted by Crippen LogP contribution is -2.39. The van der Waals surface area contributed by atoms with Crippen molar-refractivity contribution >= 4 is 28.8 Å². The van der Waals surface area contributed by atoms with Crippen LogP contribution in [0.25, 0.3) is 0 Å². The van der Waals surface area contributed by atoms with Crippen LogP contribution in [0.3, 0.4) is 0 Å². The Morgan fingerprint density at radius 2 is 1.34 bits per heavy atom. The predicted octanol–water partition coefficient (Wildman–Crippen LogP) is 5.92.